The first kappa shape index (κ1) is 20.0. The zero-order valence-corrected chi connectivity index (χ0v) is 17.8. The molecule has 0 radical (unpaired) electrons. The molecule has 0 amide bonds. The Morgan fingerprint density at radius 1 is 1.10 bits per heavy atom. The van der Waals surface area contributed by atoms with E-state index in [1.807, 2.05) is 54.0 Å². The van der Waals surface area contributed by atoms with Gasteiger partial charge in [0, 0.05) is 25.5 Å². The van der Waals surface area contributed by atoms with E-state index in [0.29, 0.717) is 23.5 Å². The molecule has 0 saturated carbocycles. The number of hydrogen-bond acceptors (Lipinski definition) is 5. The number of ether oxygens (including phenoxy) is 2. The van der Waals surface area contributed by atoms with Gasteiger partial charge in [0.15, 0.2) is 11.2 Å². The van der Waals surface area contributed by atoms with Gasteiger partial charge in [-0.25, -0.2) is 4.79 Å². The van der Waals surface area contributed by atoms with Crippen molar-refractivity contribution in [2.45, 2.75) is 27.3 Å². The first-order chi connectivity index (χ1) is 14.4. The highest BCUT2D eigenvalue weighted by Gasteiger charge is 2.24. The van der Waals surface area contributed by atoms with Crippen molar-refractivity contribution in [2.75, 3.05) is 20.3 Å². The smallest absolute Gasteiger partial charge is 0.332 e. The van der Waals surface area contributed by atoms with Gasteiger partial charge in [-0.15, -0.1) is 0 Å². The fraction of sp³-hybridized carbons (Fsp3) is 0.381. The number of nitrogens with zero attached hydrogens (tertiary/aromatic N) is 5. The number of rotatable bonds is 6. The Morgan fingerprint density at radius 3 is 2.53 bits per heavy atom. The lowest BCUT2D eigenvalue weighted by atomic mass is 10.2. The molecule has 158 valence electrons. The van der Waals surface area contributed by atoms with E-state index in [2.05, 4.69) is 0 Å². The standard InChI is InChI=1S/C21H25N5O4/c1-6-30-16-10-8-7-9-15(16)25-13(2)14(3)26-17-18(22-20(25)26)23(4)21(28)24(19(17)27)11-12-29-5/h7-10H,6,11-12H2,1-5H3. The molecule has 0 aliphatic heterocycles. The van der Waals surface area contributed by atoms with Crippen molar-refractivity contribution >= 4 is 16.9 Å². The third-order valence-corrected chi connectivity index (χ3v) is 5.44. The summed E-state index contributed by atoms with van der Waals surface area (Å²) in [5.41, 5.74) is 2.55. The van der Waals surface area contributed by atoms with Crippen molar-refractivity contribution in [3.63, 3.8) is 0 Å². The van der Waals surface area contributed by atoms with Crippen LogP contribution in [0.25, 0.3) is 22.6 Å². The Morgan fingerprint density at radius 2 is 1.83 bits per heavy atom. The molecular formula is C21H25N5O4. The first-order valence-corrected chi connectivity index (χ1v) is 9.83. The Balaban J connectivity index is 2.13. The van der Waals surface area contributed by atoms with Crippen molar-refractivity contribution < 1.29 is 9.47 Å². The average molecular weight is 411 g/mol. The number of methoxy groups -OCH3 is 1. The summed E-state index contributed by atoms with van der Waals surface area (Å²) in [5.74, 6) is 1.28. The molecule has 0 fully saturated rings. The largest absolute Gasteiger partial charge is 0.492 e. The molecule has 0 spiro atoms. The third kappa shape index (κ3) is 2.77. The van der Waals surface area contributed by atoms with Gasteiger partial charge in [-0.05, 0) is 32.9 Å². The molecule has 4 aromatic rings. The summed E-state index contributed by atoms with van der Waals surface area (Å²) in [6.07, 6.45) is 0. The normalized spacial score (nSPS) is 11.6. The molecule has 0 unspecified atom stereocenters. The van der Waals surface area contributed by atoms with E-state index in [4.69, 9.17) is 14.5 Å². The van der Waals surface area contributed by atoms with Gasteiger partial charge in [0.25, 0.3) is 5.56 Å². The van der Waals surface area contributed by atoms with Crippen molar-refractivity contribution in [3.8, 4) is 11.4 Å². The maximum Gasteiger partial charge on any atom is 0.332 e. The molecule has 1 aromatic carbocycles. The second kappa shape index (κ2) is 7.49. The summed E-state index contributed by atoms with van der Waals surface area (Å²) < 4.78 is 17.3. The van der Waals surface area contributed by atoms with Crippen molar-refractivity contribution in [1.82, 2.24) is 23.1 Å². The van der Waals surface area contributed by atoms with Crippen molar-refractivity contribution in [1.29, 1.82) is 0 Å². The third-order valence-electron chi connectivity index (χ3n) is 5.44. The van der Waals surface area contributed by atoms with Crippen LogP contribution in [0.3, 0.4) is 0 Å². The van der Waals surface area contributed by atoms with E-state index in [1.165, 1.54) is 16.2 Å². The van der Waals surface area contributed by atoms with E-state index >= 15 is 0 Å². The summed E-state index contributed by atoms with van der Waals surface area (Å²) in [6, 6.07) is 7.70. The fourth-order valence-corrected chi connectivity index (χ4v) is 3.84. The maximum atomic E-state index is 13.3. The summed E-state index contributed by atoms with van der Waals surface area (Å²) in [7, 11) is 3.16. The van der Waals surface area contributed by atoms with Gasteiger partial charge in [0.05, 0.1) is 25.4 Å². The predicted molar refractivity (Wildman–Crippen MR) is 114 cm³/mol. The maximum absolute atomic E-state index is 13.3. The SMILES string of the molecule is CCOc1ccccc1-n1c(C)c(C)n2c3c(=O)n(CCOC)c(=O)n(C)c3nc12. The highest BCUT2D eigenvalue weighted by molar-refractivity contribution is 5.77. The minimum Gasteiger partial charge on any atom is -0.492 e. The highest BCUT2D eigenvalue weighted by Crippen LogP contribution is 2.29. The molecule has 30 heavy (non-hydrogen) atoms. The lowest BCUT2D eigenvalue weighted by Crippen LogP contribution is -2.40. The Hall–Kier alpha value is -3.33. The van der Waals surface area contributed by atoms with Crippen molar-refractivity contribution in [2.24, 2.45) is 7.05 Å². The van der Waals surface area contributed by atoms with Crippen LogP contribution < -0.4 is 16.0 Å². The highest BCUT2D eigenvalue weighted by atomic mass is 16.5. The topological polar surface area (TPSA) is 84.7 Å². The number of imidazole rings is 2. The molecule has 0 N–H and O–H groups in total. The Bertz CT molecular complexity index is 1370. The number of hydrogen-bond donors (Lipinski definition) is 0. The van der Waals surface area contributed by atoms with Crippen LogP contribution in [0.1, 0.15) is 18.3 Å². The van der Waals surface area contributed by atoms with E-state index < -0.39 is 5.69 Å². The Kier molecular flexibility index (Phi) is 4.98. The lowest BCUT2D eigenvalue weighted by Gasteiger charge is -2.12. The van der Waals surface area contributed by atoms with Gasteiger partial charge in [0.2, 0.25) is 5.78 Å². The van der Waals surface area contributed by atoms with Crippen LogP contribution in [0.5, 0.6) is 5.75 Å². The van der Waals surface area contributed by atoms with Crippen LogP contribution in [-0.4, -0.2) is 43.4 Å². The Labute approximate surface area is 172 Å². The van der Waals surface area contributed by atoms with Gasteiger partial charge >= 0.3 is 5.69 Å². The van der Waals surface area contributed by atoms with Crippen LogP contribution in [0.15, 0.2) is 33.9 Å². The molecule has 4 rings (SSSR count). The fourth-order valence-electron chi connectivity index (χ4n) is 3.84. The summed E-state index contributed by atoms with van der Waals surface area (Å²) in [4.78, 5) is 30.7. The monoisotopic (exact) mass is 411 g/mol. The minimum atomic E-state index is -0.416. The molecular weight excluding hydrogens is 386 g/mol. The van der Waals surface area contributed by atoms with Crippen LogP contribution >= 0.6 is 0 Å². The predicted octanol–water partition coefficient (Wildman–Crippen LogP) is 1.80. The number of aromatic nitrogens is 5. The van der Waals surface area contributed by atoms with Crippen LogP contribution in [0, 0.1) is 13.8 Å². The van der Waals surface area contributed by atoms with E-state index in [0.717, 1.165) is 22.8 Å². The van der Waals surface area contributed by atoms with Gasteiger partial charge in [-0.3, -0.25) is 22.9 Å². The molecule has 0 bridgehead atoms. The average Bonchev–Trinajstić information content (AvgIpc) is 3.23. The summed E-state index contributed by atoms with van der Waals surface area (Å²) in [5, 5.41) is 0. The zero-order chi connectivity index (χ0) is 21.6. The summed E-state index contributed by atoms with van der Waals surface area (Å²) in [6.45, 7) is 6.82. The van der Waals surface area contributed by atoms with Gasteiger partial charge < -0.3 is 9.47 Å². The molecule has 9 heteroatoms. The number of para-hydroxylation sites is 2. The van der Waals surface area contributed by atoms with Gasteiger partial charge in [0.1, 0.15) is 5.75 Å². The second-order valence-corrected chi connectivity index (χ2v) is 7.12. The molecule has 3 heterocycles. The molecule has 9 nitrogen and oxygen atoms in total. The van der Waals surface area contributed by atoms with E-state index in [9.17, 15) is 9.59 Å². The molecule has 0 aliphatic rings. The first-order valence-electron chi connectivity index (χ1n) is 9.83. The number of fused-ring (bicyclic) bond motifs is 3. The van der Waals surface area contributed by atoms with Crippen LogP contribution in [0.2, 0.25) is 0 Å². The number of benzene rings is 1. The van der Waals surface area contributed by atoms with Gasteiger partial charge in [-0.2, -0.15) is 4.98 Å². The molecule has 0 aliphatic carbocycles. The van der Waals surface area contributed by atoms with Gasteiger partial charge in [-0.1, -0.05) is 12.1 Å². The molecule has 3 aromatic heterocycles. The molecule has 0 atom stereocenters. The quantitative estimate of drug-likeness (QED) is 0.483. The lowest BCUT2D eigenvalue weighted by molar-refractivity contribution is 0.184. The second-order valence-electron chi connectivity index (χ2n) is 7.12. The number of aryl methyl sites for hydroxylation is 2. The van der Waals surface area contributed by atoms with E-state index in [-0.39, 0.29) is 18.7 Å². The minimum absolute atomic E-state index is 0.178. The van der Waals surface area contributed by atoms with Crippen LogP contribution in [0.4, 0.5) is 0 Å². The zero-order valence-electron chi connectivity index (χ0n) is 17.8. The van der Waals surface area contributed by atoms with Crippen molar-refractivity contribution in [3.05, 3.63) is 56.5 Å². The van der Waals surface area contributed by atoms with Crippen LogP contribution in [-0.2, 0) is 18.3 Å². The summed E-state index contributed by atoms with van der Waals surface area (Å²) >= 11 is 0. The molecule has 0 saturated heterocycles. The van der Waals surface area contributed by atoms with E-state index in [1.54, 1.807) is 7.05 Å².